The van der Waals surface area contributed by atoms with Crippen LogP contribution in [0.5, 0.6) is 5.75 Å². The predicted octanol–water partition coefficient (Wildman–Crippen LogP) is 2.09. The van der Waals surface area contributed by atoms with E-state index in [1.165, 1.54) is 19.1 Å². The molecule has 0 amide bonds. The molecule has 0 atom stereocenters. The zero-order chi connectivity index (χ0) is 14.0. The van der Waals surface area contributed by atoms with Gasteiger partial charge in [0, 0.05) is 13.5 Å². The molecule has 0 spiro atoms. The standard InChI is InChI=1S/C9H8O4.C4H10O/c1-6(10)13-8-5-3-2-4-7(8)9(11)12;1-2-3-4-5/h2-5H,1H3,(H,11,12);5H,2-4H2,1H3. The number of ether oxygens (including phenoxy) is 1. The average Bonchev–Trinajstić information content (AvgIpc) is 2.30. The first-order chi connectivity index (χ1) is 8.52. The van der Waals surface area contributed by atoms with Crippen LogP contribution in [0.15, 0.2) is 24.3 Å². The van der Waals surface area contributed by atoms with Crippen LogP contribution in [0.25, 0.3) is 0 Å². The molecule has 1 aromatic carbocycles. The van der Waals surface area contributed by atoms with E-state index in [1.807, 2.05) is 0 Å². The molecule has 1 aromatic rings. The number of para-hydroxylation sites is 1. The van der Waals surface area contributed by atoms with Gasteiger partial charge in [0.1, 0.15) is 11.3 Å². The van der Waals surface area contributed by atoms with Crippen LogP contribution in [0, 0.1) is 0 Å². The van der Waals surface area contributed by atoms with Gasteiger partial charge in [-0.3, -0.25) is 4.79 Å². The molecule has 1 rings (SSSR count). The quantitative estimate of drug-likeness (QED) is 0.635. The van der Waals surface area contributed by atoms with Gasteiger partial charge < -0.3 is 14.9 Å². The van der Waals surface area contributed by atoms with Crippen LogP contribution < -0.4 is 4.74 Å². The highest BCUT2D eigenvalue weighted by Gasteiger charge is 2.10. The minimum absolute atomic E-state index is 0.0160. The van der Waals surface area contributed by atoms with Gasteiger partial charge in [0.15, 0.2) is 0 Å². The summed E-state index contributed by atoms with van der Waals surface area (Å²) in [5.74, 6) is -1.58. The molecule has 0 aromatic heterocycles. The van der Waals surface area contributed by atoms with Gasteiger partial charge in [-0.25, -0.2) is 4.79 Å². The summed E-state index contributed by atoms with van der Waals surface area (Å²) >= 11 is 0. The molecule has 5 heteroatoms. The Labute approximate surface area is 106 Å². The van der Waals surface area contributed by atoms with E-state index in [1.54, 1.807) is 12.1 Å². The number of aliphatic hydroxyl groups is 1. The lowest BCUT2D eigenvalue weighted by Crippen LogP contribution is -2.06. The maximum atomic E-state index is 10.6. The summed E-state index contributed by atoms with van der Waals surface area (Å²) in [6.45, 7) is 3.62. The van der Waals surface area contributed by atoms with Crippen LogP contribution >= 0.6 is 0 Å². The molecule has 0 heterocycles. The second kappa shape index (κ2) is 9.18. The minimum Gasteiger partial charge on any atom is -0.478 e. The lowest BCUT2D eigenvalue weighted by atomic mass is 10.2. The molecule has 5 nitrogen and oxygen atoms in total. The Hall–Kier alpha value is -1.88. The molecule has 0 fully saturated rings. The molecule has 0 aliphatic carbocycles. The Balaban J connectivity index is 0.000000494. The van der Waals surface area contributed by atoms with Crippen LogP contribution in [0.1, 0.15) is 37.0 Å². The second-order valence-electron chi connectivity index (χ2n) is 3.47. The SMILES string of the molecule is CC(=O)Oc1ccccc1C(=O)O.CCCCO. The number of hydrogen-bond acceptors (Lipinski definition) is 4. The molecule has 0 aliphatic rings. The molecule has 100 valence electrons. The van der Waals surface area contributed by atoms with E-state index in [2.05, 4.69) is 11.7 Å². The van der Waals surface area contributed by atoms with Gasteiger partial charge in [0.05, 0.1) is 0 Å². The third-order valence-corrected chi connectivity index (χ3v) is 1.88. The fourth-order valence-corrected chi connectivity index (χ4v) is 1.05. The van der Waals surface area contributed by atoms with E-state index < -0.39 is 11.9 Å². The number of esters is 1. The van der Waals surface area contributed by atoms with Gasteiger partial charge in [0.2, 0.25) is 0 Å². The second-order valence-corrected chi connectivity index (χ2v) is 3.47. The van der Waals surface area contributed by atoms with Crippen molar-refractivity contribution in [3.8, 4) is 5.75 Å². The molecule has 18 heavy (non-hydrogen) atoms. The molecule has 0 unspecified atom stereocenters. The Morgan fingerprint density at radius 1 is 1.28 bits per heavy atom. The normalized spacial score (nSPS) is 9.06. The average molecular weight is 254 g/mol. The number of hydrogen-bond donors (Lipinski definition) is 2. The lowest BCUT2D eigenvalue weighted by Gasteiger charge is -2.03. The summed E-state index contributed by atoms with van der Waals surface area (Å²) in [6.07, 6.45) is 2.04. The number of aromatic carboxylic acids is 1. The van der Waals surface area contributed by atoms with Crippen molar-refractivity contribution < 1.29 is 24.5 Å². The van der Waals surface area contributed by atoms with Crippen molar-refractivity contribution in [3.05, 3.63) is 29.8 Å². The van der Waals surface area contributed by atoms with Crippen LogP contribution in [-0.2, 0) is 4.79 Å². The summed E-state index contributed by atoms with van der Waals surface area (Å²) in [5.41, 5.74) is -0.0160. The van der Waals surface area contributed by atoms with Crippen molar-refractivity contribution in [2.75, 3.05) is 6.61 Å². The first-order valence-electron chi connectivity index (χ1n) is 5.64. The highest BCUT2D eigenvalue weighted by atomic mass is 16.5. The predicted molar refractivity (Wildman–Crippen MR) is 66.7 cm³/mol. The molecule has 0 aliphatic heterocycles. The third kappa shape index (κ3) is 6.65. The van der Waals surface area contributed by atoms with Crippen LogP contribution in [-0.4, -0.2) is 28.8 Å². The first kappa shape index (κ1) is 16.1. The van der Waals surface area contributed by atoms with Crippen molar-refractivity contribution in [2.45, 2.75) is 26.7 Å². The van der Waals surface area contributed by atoms with Gasteiger partial charge in [-0.2, -0.15) is 0 Å². The largest absolute Gasteiger partial charge is 0.478 e. The molecule has 0 radical (unpaired) electrons. The van der Waals surface area contributed by atoms with Gasteiger partial charge in [-0.15, -0.1) is 0 Å². The highest BCUT2D eigenvalue weighted by Crippen LogP contribution is 2.17. The van der Waals surface area contributed by atoms with Crippen molar-refractivity contribution in [1.29, 1.82) is 0 Å². The summed E-state index contributed by atoms with van der Waals surface area (Å²) in [4.78, 5) is 21.2. The summed E-state index contributed by atoms with van der Waals surface area (Å²) in [6, 6.07) is 5.98. The fraction of sp³-hybridized carbons (Fsp3) is 0.385. The first-order valence-corrected chi connectivity index (χ1v) is 5.64. The number of rotatable bonds is 4. The Kier molecular flexibility index (Phi) is 8.22. The van der Waals surface area contributed by atoms with Crippen molar-refractivity contribution in [3.63, 3.8) is 0 Å². The molecular weight excluding hydrogens is 236 g/mol. The number of carbonyl (C=O) groups excluding carboxylic acids is 1. The Morgan fingerprint density at radius 3 is 2.28 bits per heavy atom. The number of carboxylic acid groups (broad SMARTS) is 1. The summed E-state index contributed by atoms with van der Waals surface area (Å²) < 4.78 is 4.69. The number of benzene rings is 1. The van der Waals surface area contributed by atoms with Gasteiger partial charge in [0.25, 0.3) is 0 Å². The van der Waals surface area contributed by atoms with E-state index >= 15 is 0 Å². The maximum absolute atomic E-state index is 10.6. The maximum Gasteiger partial charge on any atom is 0.339 e. The van der Waals surface area contributed by atoms with Gasteiger partial charge >= 0.3 is 11.9 Å². The minimum atomic E-state index is -1.11. The van der Waals surface area contributed by atoms with Gasteiger partial charge in [-0.05, 0) is 18.6 Å². The number of carboxylic acids is 1. The molecular formula is C13H18O5. The van der Waals surface area contributed by atoms with Crippen molar-refractivity contribution in [2.24, 2.45) is 0 Å². The van der Waals surface area contributed by atoms with E-state index in [0.29, 0.717) is 6.61 Å². The van der Waals surface area contributed by atoms with Crippen molar-refractivity contribution in [1.82, 2.24) is 0 Å². The van der Waals surface area contributed by atoms with Crippen LogP contribution in [0.4, 0.5) is 0 Å². The zero-order valence-corrected chi connectivity index (χ0v) is 10.5. The van der Waals surface area contributed by atoms with Gasteiger partial charge in [-0.1, -0.05) is 25.5 Å². The van der Waals surface area contributed by atoms with Crippen molar-refractivity contribution >= 4 is 11.9 Å². The number of aliphatic hydroxyl groups excluding tert-OH is 1. The molecule has 0 saturated heterocycles. The van der Waals surface area contributed by atoms with E-state index in [4.69, 9.17) is 10.2 Å². The topological polar surface area (TPSA) is 83.8 Å². The van der Waals surface area contributed by atoms with E-state index in [9.17, 15) is 9.59 Å². The third-order valence-electron chi connectivity index (χ3n) is 1.88. The fourth-order valence-electron chi connectivity index (χ4n) is 1.05. The Morgan fingerprint density at radius 2 is 1.89 bits per heavy atom. The van der Waals surface area contributed by atoms with Crippen LogP contribution in [0.3, 0.4) is 0 Å². The smallest absolute Gasteiger partial charge is 0.339 e. The molecule has 0 saturated carbocycles. The monoisotopic (exact) mass is 254 g/mol. The Bertz CT molecular complexity index is 385. The molecule has 2 N–H and O–H groups in total. The number of carbonyl (C=O) groups is 2. The summed E-state index contributed by atoms with van der Waals surface area (Å²) in [5, 5.41) is 16.8. The molecule has 0 bridgehead atoms. The van der Waals surface area contributed by atoms with Crippen LogP contribution in [0.2, 0.25) is 0 Å². The highest BCUT2D eigenvalue weighted by molar-refractivity contribution is 5.91. The van der Waals surface area contributed by atoms with E-state index in [0.717, 1.165) is 12.8 Å². The lowest BCUT2D eigenvalue weighted by molar-refractivity contribution is -0.131. The number of unbranched alkanes of at least 4 members (excludes halogenated alkanes) is 1. The summed E-state index contributed by atoms with van der Waals surface area (Å²) in [7, 11) is 0. The van der Waals surface area contributed by atoms with E-state index in [-0.39, 0.29) is 11.3 Å². The zero-order valence-electron chi connectivity index (χ0n) is 10.5.